The quantitative estimate of drug-likeness (QED) is 0.0425. The van der Waals surface area contributed by atoms with Crippen molar-refractivity contribution in [2.24, 2.45) is 0 Å². The predicted octanol–water partition coefficient (Wildman–Crippen LogP) is 21.0. The highest BCUT2D eigenvalue weighted by Gasteiger charge is 2.47. The number of benzene rings is 11. The van der Waals surface area contributed by atoms with Crippen LogP contribution in [0.2, 0.25) is 0 Å². The summed E-state index contributed by atoms with van der Waals surface area (Å²) in [5.41, 5.74) is 5.33. The Kier molecular flexibility index (Phi) is 18.1. The van der Waals surface area contributed by atoms with E-state index < -0.39 is 47.5 Å². The molecule has 0 aromatic heterocycles. The van der Waals surface area contributed by atoms with Crippen LogP contribution in [0, 0.1) is 0 Å². The Morgan fingerprint density at radius 2 is 0.559 bits per heavy atom. The predicted molar refractivity (Wildman–Crippen MR) is 399 cm³/mol. The lowest BCUT2D eigenvalue weighted by molar-refractivity contribution is -0.126. The average molecular weight is 1360 g/mol. The maximum atomic E-state index is 16.6. The second kappa shape index (κ2) is 27.6. The number of fused-ring (bicyclic) bond motifs is 2. The fourth-order valence-corrected chi connectivity index (χ4v) is 15.7. The average Bonchev–Trinajstić information content (AvgIpc) is 0.670. The van der Waals surface area contributed by atoms with Crippen LogP contribution in [0.4, 0.5) is 0 Å². The molecule has 0 bridgehead atoms. The van der Waals surface area contributed by atoms with Crippen molar-refractivity contribution in [3.05, 3.63) is 238 Å². The summed E-state index contributed by atoms with van der Waals surface area (Å²) < 4.78 is 29.5. The molecule has 14 heteroatoms. The molecule has 102 heavy (non-hydrogen) atoms. The second-order valence-electron chi connectivity index (χ2n) is 29.3. The number of imide groups is 2. The Bertz CT molecular complexity index is 4520. The number of hydrogen-bond donors (Lipinski definition) is 2. The van der Waals surface area contributed by atoms with Crippen LogP contribution in [-0.4, -0.2) is 57.3 Å². The van der Waals surface area contributed by atoms with Gasteiger partial charge in [-0.05, 0) is 156 Å². The van der Waals surface area contributed by atoms with Gasteiger partial charge in [-0.15, -0.1) is 0 Å². The van der Waals surface area contributed by atoms with Crippen molar-refractivity contribution in [2.45, 2.75) is 167 Å². The van der Waals surface area contributed by atoms with Gasteiger partial charge in [-0.3, -0.25) is 38.6 Å². The molecule has 2 heterocycles. The van der Waals surface area contributed by atoms with Crippen molar-refractivity contribution in [1.82, 2.24) is 20.4 Å². The van der Waals surface area contributed by atoms with Gasteiger partial charge in [-0.1, -0.05) is 203 Å². The summed E-state index contributed by atoms with van der Waals surface area (Å²) >= 11 is 0. The minimum atomic E-state index is -1.42. The van der Waals surface area contributed by atoms with Gasteiger partial charge < -0.3 is 29.6 Å². The molecular formula is C88H84N4O10. The van der Waals surface area contributed by atoms with E-state index in [2.05, 4.69) is 66.0 Å². The molecule has 4 aliphatic rings. The van der Waals surface area contributed by atoms with Crippen LogP contribution in [0.25, 0.3) is 43.1 Å². The zero-order valence-electron chi connectivity index (χ0n) is 59.0. The summed E-state index contributed by atoms with van der Waals surface area (Å²) in [5, 5.41) is 9.08. The van der Waals surface area contributed by atoms with Crippen molar-refractivity contribution in [3.8, 4) is 46.0 Å². The highest BCUT2D eigenvalue weighted by atomic mass is 16.5. The molecule has 2 aliphatic carbocycles. The summed E-state index contributed by atoms with van der Waals surface area (Å²) in [6.45, 7) is 16.9. The van der Waals surface area contributed by atoms with Gasteiger partial charge in [0.2, 0.25) is 11.8 Å². The zero-order chi connectivity index (χ0) is 70.8. The van der Waals surface area contributed by atoms with Gasteiger partial charge in [-0.2, -0.15) is 0 Å². The molecule has 15 rings (SSSR count). The number of ether oxygens (including phenoxy) is 4. The molecule has 11 aromatic carbocycles. The van der Waals surface area contributed by atoms with Gasteiger partial charge in [0.15, 0.2) is 0 Å². The molecule has 2 unspecified atom stereocenters. The van der Waals surface area contributed by atoms with Crippen molar-refractivity contribution in [3.63, 3.8) is 0 Å². The number of rotatable bonds is 20. The minimum Gasteiger partial charge on any atom is -0.457 e. The van der Waals surface area contributed by atoms with E-state index in [0.29, 0.717) is 66.4 Å². The molecule has 2 aliphatic heterocycles. The molecule has 0 radical (unpaired) electrons. The number of carbonyl (C=O) groups excluding carboxylic acids is 6. The molecule has 2 fully saturated rings. The van der Waals surface area contributed by atoms with E-state index in [1.54, 1.807) is 72.8 Å². The molecule has 14 nitrogen and oxygen atoms in total. The number of nitrogens with zero attached hydrogens (tertiary/aromatic N) is 2. The summed E-state index contributed by atoms with van der Waals surface area (Å²) in [6.07, 6.45) is 8.85. The van der Waals surface area contributed by atoms with Gasteiger partial charge in [0, 0.05) is 55.2 Å². The fraction of sp³-hybridized carbons (Fsp3) is 0.295. The van der Waals surface area contributed by atoms with E-state index in [9.17, 15) is 0 Å². The lowest BCUT2D eigenvalue weighted by Crippen LogP contribution is -2.50. The first-order chi connectivity index (χ1) is 49.4. The van der Waals surface area contributed by atoms with Crippen LogP contribution in [0.5, 0.6) is 46.0 Å². The maximum Gasteiger partial charge on any atom is 0.262 e. The van der Waals surface area contributed by atoms with Gasteiger partial charge in [0.25, 0.3) is 23.6 Å². The number of hydrogen-bond acceptors (Lipinski definition) is 10. The van der Waals surface area contributed by atoms with Crippen LogP contribution in [-0.2, 0) is 9.59 Å². The third-order valence-electron chi connectivity index (χ3n) is 21.2. The van der Waals surface area contributed by atoms with Crippen molar-refractivity contribution in [2.75, 3.05) is 0 Å². The summed E-state index contributed by atoms with van der Waals surface area (Å²) in [7, 11) is 0. The first-order valence-electron chi connectivity index (χ1n) is 36.3. The Hall–Kier alpha value is -10.9. The Labute approximate surface area is 594 Å². The Balaban J connectivity index is 1.09. The SMILES string of the molecule is CC(C)c1ccc(Oc2cc3c4c(cc(Oc5ccc(C(C)C)cc5)c5c6c(Oc7ccc(C(C)C)cc7)cc7c8c(cc(Oc9ccc(C(C)C)cc9)c(c2c45)c86)C(=O)N(C(C(=O)NC2CCCCC2)c2ccccc2)C7=O)C(=O)N(C(C(=O)NC2CCCCC2)c2ccccc2)C3=O)cc1. The monoisotopic (exact) mass is 1360 g/mol. The molecule has 0 saturated heterocycles. The van der Waals surface area contributed by atoms with Crippen LogP contribution in [0.3, 0.4) is 0 Å². The standard InChI is InChI=1S/C88H84N4O10/c1-49(2)53-29-37-61(38-30-53)99-69-45-65-73-66(86(96)91(85(65)95)81(57-21-13-9-14-22-57)83(93)89-59-25-17-11-18-26-59)47-71(101-63-41-33-55(34-42-63)51(5)6)77-78-72(102-64-43-35-56(36-44-64)52(7)8)48-68-74-67(46-70(76(80(74)78)75(69)79(73)77)100-62-39-31-54(32-40-62)50(3)4)87(97)92(88(68)98)82(58-23-15-10-16-24-58)84(94)90-60-27-19-12-20-28-60/h9-10,13-16,21-24,29-52,59-60,81-82H,11-12,17-20,25-28H2,1-8H3,(H,89,93)(H,90,94). The van der Waals surface area contributed by atoms with Crippen molar-refractivity contribution < 1.29 is 47.7 Å². The van der Waals surface area contributed by atoms with E-state index in [1.807, 2.05) is 109 Å². The third kappa shape index (κ3) is 12.3. The van der Waals surface area contributed by atoms with Crippen LogP contribution >= 0.6 is 0 Å². The van der Waals surface area contributed by atoms with Gasteiger partial charge >= 0.3 is 0 Å². The highest BCUT2D eigenvalue weighted by molar-refractivity contribution is 6.45. The van der Waals surface area contributed by atoms with E-state index in [0.717, 1.165) is 96.3 Å². The molecule has 516 valence electrons. The smallest absolute Gasteiger partial charge is 0.262 e. The Morgan fingerprint density at radius 3 is 0.794 bits per heavy atom. The fourth-order valence-electron chi connectivity index (χ4n) is 15.7. The lowest BCUT2D eigenvalue weighted by atomic mass is 9.80. The van der Waals surface area contributed by atoms with Crippen molar-refractivity contribution in [1.29, 1.82) is 0 Å². The second-order valence-corrected chi connectivity index (χ2v) is 29.3. The van der Waals surface area contributed by atoms with Gasteiger partial charge in [0.05, 0.1) is 22.3 Å². The van der Waals surface area contributed by atoms with E-state index in [4.69, 9.17) is 18.9 Å². The maximum absolute atomic E-state index is 16.6. The first-order valence-corrected chi connectivity index (χ1v) is 36.3. The van der Waals surface area contributed by atoms with Gasteiger partial charge in [-0.25, -0.2) is 0 Å². The normalized spacial score (nSPS) is 15.8. The summed E-state index contributed by atoms with van der Waals surface area (Å²) in [6, 6.07) is 52.2. The van der Waals surface area contributed by atoms with E-state index in [1.165, 1.54) is 0 Å². The molecule has 2 saturated carbocycles. The molecule has 6 amide bonds. The van der Waals surface area contributed by atoms with Gasteiger partial charge in [0.1, 0.15) is 58.1 Å². The molecule has 2 N–H and O–H groups in total. The molecule has 2 atom stereocenters. The van der Waals surface area contributed by atoms with Crippen LogP contribution in [0.1, 0.15) is 230 Å². The van der Waals surface area contributed by atoms with Crippen LogP contribution < -0.4 is 29.6 Å². The molecule has 11 aromatic rings. The summed E-state index contributed by atoms with van der Waals surface area (Å²) in [5.74, 6) is -1.09. The number of amides is 6. The highest BCUT2D eigenvalue weighted by Crippen LogP contribution is 2.59. The number of nitrogens with one attached hydrogen (secondary N) is 2. The lowest BCUT2D eigenvalue weighted by Gasteiger charge is -2.36. The van der Waals surface area contributed by atoms with Crippen LogP contribution in [0.15, 0.2) is 182 Å². The first kappa shape index (κ1) is 67.0. The van der Waals surface area contributed by atoms with Crippen molar-refractivity contribution >= 4 is 78.5 Å². The molecule has 0 spiro atoms. The van der Waals surface area contributed by atoms with E-state index in [-0.39, 0.29) is 91.8 Å². The largest absolute Gasteiger partial charge is 0.457 e. The minimum absolute atomic E-state index is 0.0598. The zero-order valence-corrected chi connectivity index (χ0v) is 59.0. The third-order valence-corrected chi connectivity index (χ3v) is 21.2. The molecular weight excluding hydrogens is 1270 g/mol. The van der Waals surface area contributed by atoms with E-state index >= 15 is 28.8 Å². The topological polar surface area (TPSA) is 170 Å². The summed E-state index contributed by atoms with van der Waals surface area (Å²) in [4.78, 5) is 99.3. The Morgan fingerprint density at radius 1 is 0.314 bits per heavy atom. The number of carbonyl (C=O) groups is 6.